The molecule has 0 aliphatic heterocycles. The number of guanidine groups is 1. The molecule has 0 saturated heterocycles. The maximum Gasteiger partial charge on any atom is 0.191 e. The minimum atomic E-state index is 0.341. The van der Waals surface area contributed by atoms with Gasteiger partial charge in [0.15, 0.2) is 5.96 Å². The average molecular weight is 264 g/mol. The molecule has 1 heterocycles. The van der Waals surface area contributed by atoms with Gasteiger partial charge in [0.2, 0.25) is 0 Å². The van der Waals surface area contributed by atoms with Crippen LogP contribution in [0.15, 0.2) is 11.2 Å². The van der Waals surface area contributed by atoms with Crippen LogP contribution in [0.1, 0.15) is 30.7 Å². The standard InChI is InChI=1S/C14H24N4O/c1-9(2)18-14(15-5)17-8-12-11(4)13(19-6)10(3)7-16-12/h7,9H,8H2,1-6H3,(H2,15,17,18). The molecule has 0 fully saturated rings. The zero-order valence-corrected chi connectivity index (χ0v) is 12.7. The third-order valence-corrected chi connectivity index (χ3v) is 2.82. The Bertz CT molecular complexity index is 455. The molecule has 1 aromatic rings. The van der Waals surface area contributed by atoms with Crippen LogP contribution in [0, 0.1) is 13.8 Å². The summed E-state index contributed by atoms with van der Waals surface area (Å²) in [4.78, 5) is 8.62. The highest BCUT2D eigenvalue weighted by atomic mass is 16.5. The van der Waals surface area contributed by atoms with Crippen LogP contribution in [0.4, 0.5) is 0 Å². The molecular weight excluding hydrogens is 240 g/mol. The molecule has 106 valence electrons. The van der Waals surface area contributed by atoms with E-state index in [1.807, 2.05) is 20.0 Å². The molecule has 0 aliphatic carbocycles. The third-order valence-electron chi connectivity index (χ3n) is 2.82. The van der Waals surface area contributed by atoms with E-state index in [4.69, 9.17) is 4.74 Å². The Morgan fingerprint density at radius 2 is 2.11 bits per heavy atom. The molecule has 0 saturated carbocycles. The summed E-state index contributed by atoms with van der Waals surface area (Å²) in [7, 11) is 3.44. The first-order valence-electron chi connectivity index (χ1n) is 6.45. The second-order valence-electron chi connectivity index (χ2n) is 4.77. The number of nitrogens with zero attached hydrogens (tertiary/aromatic N) is 2. The van der Waals surface area contributed by atoms with E-state index in [0.29, 0.717) is 12.6 Å². The van der Waals surface area contributed by atoms with Crippen molar-refractivity contribution in [3.8, 4) is 5.75 Å². The fraction of sp³-hybridized carbons (Fsp3) is 0.571. The maximum absolute atomic E-state index is 5.40. The summed E-state index contributed by atoms with van der Waals surface area (Å²) >= 11 is 0. The SMILES string of the molecule is CN=C(NCc1ncc(C)c(OC)c1C)NC(C)C. The molecule has 5 heteroatoms. The lowest BCUT2D eigenvalue weighted by Crippen LogP contribution is -2.40. The second-order valence-corrected chi connectivity index (χ2v) is 4.77. The number of nitrogens with one attached hydrogen (secondary N) is 2. The third kappa shape index (κ3) is 4.12. The van der Waals surface area contributed by atoms with Gasteiger partial charge in [-0.1, -0.05) is 0 Å². The monoisotopic (exact) mass is 264 g/mol. The van der Waals surface area contributed by atoms with E-state index < -0.39 is 0 Å². The first kappa shape index (κ1) is 15.3. The van der Waals surface area contributed by atoms with Crippen LogP contribution in [-0.4, -0.2) is 31.1 Å². The van der Waals surface area contributed by atoms with Gasteiger partial charge >= 0.3 is 0 Å². The maximum atomic E-state index is 5.40. The molecule has 19 heavy (non-hydrogen) atoms. The van der Waals surface area contributed by atoms with E-state index in [1.165, 1.54) is 0 Å². The Morgan fingerprint density at radius 1 is 1.42 bits per heavy atom. The Hall–Kier alpha value is -1.78. The Balaban J connectivity index is 2.78. The van der Waals surface area contributed by atoms with E-state index in [9.17, 15) is 0 Å². The van der Waals surface area contributed by atoms with E-state index in [1.54, 1.807) is 14.2 Å². The molecule has 0 amide bonds. The van der Waals surface area contributed by atoms with Gasteiger partial charge in [0, 0.05) is 30.4 Å². The molecule has 2 N–H and O–H groups in total. The van der Waals surface area contributed by atoms with Gasteiger partial charge in [0.25, 0.3) is 0 Å². The summed E-state index contributed by atoms with van der Waals surface area (Å²) in [5.74, 6) is 1.68. The summed E-state index contributed by atoms with van der Waals surface area (Å²) in [6.45, 7) is 8.79. The number of aliphatic imine (C=N–C) groups is 1. The lowest BCUT2D eigenvalue weighted by molar-refractivity contribution is 0.406. The highest BCUT2D eigenvalue weighted by molar-refractivity contribution is 5.79. The number of aromatic nitrogens is 1. The van der Waals surface area contributed by atoms with Gasteiger partial charge in [-0.15, -0.1) is 0 Å². The van der Waals surface area contributed by atoms with Gasteiger partial charge in [0.05, 0.1) is 19.3 Å². The summed E-state index contributed by atoms with van der Waals surface area (Å²) < 4.78 is 5.40. The van der Waals surface area contributed by atoms with Gasteiger partial charge in [-0.25, -0.2) is 0 Å². The number of pyridine rings is 1. The normalized spacial score (nSPS) is 11.6. The van der Waals surface area contributed by atoms with Gasteiger partial charge in [-0.05, 0) is 27.7 Å². The first-order valence-corrected chi connectivity index (χ1v) is 6.45. The smallest absolute Gasteiger partial charge is 0.191 e. The number of hydrogen-bond donors (Lipinski definition) is 2. The molecule has 5 nitrogen and oxygen atoms in total. The molecule has 0 atom stereocenters. The quantitative estimate of drug-likeness (QED) is 0.643. The van der Waals surface area contributed by atoms with Crippen molar-refractivity contribution in [2.24, 2.45) is 4.99 Å². The molecule has 1 rings (SSSR count). The van der Waals surface area contributed by atoms with Crippen LogP contribution in [0.5, 0.6) is 5.75 Å². The van der Waals surface area contributed by atoms with E-state index in [2.05, 4.69) is 34.5 Å². The summed E-state index contributed by atoms with van der Waals surface area (Å²) in [5, 5.41) is 6.49. The largest absolute Gasteiger partial charge is 0.496 e. The molecule has 1 aromatic heterocycles. The van der Waals surface area contributed by atoms with Gasteiger partial charge in [0.1, 0.15) is 5.75 Å². The number of rotatable bonds is 4. The van der Waals surface area contributed by atoms with Crippen molar-refractivity contribution < 1.29 is 4.74 Å². The van der Waals surface area contributed by atoms with E-state index in [0.717, 1.165) is 28.5 Å². The summed E-state index contributed by atoms with van der Waals surface area (Å²) in [6, 6.07) is 0.341. The average Bonchev–Trinajstić information content (AvgIpc) is 2.36. The predicted octanol–water partition coefficient (Wildman–Crippen LogP) is 1.78. The van der Waals surface area contributed by atoms with Crippen LogP contribution >= 0.6 is 0 Å². The zero-order valence-electron chi connectivity index (χ0n) is 12.7. The molecule has 0 unspecified atom stereocenters. The molecule has 0 radical (unpaired) electrons. The van der Waals surface area contributed by atoms with Gasteiger partial charge in [-0.2, -0.15) is 0 Å². The lowest BCUT2D eigenvalue weighted by Gasteiger charge is -2.16. The Labute approximate surface area is 115 Å². The first-order chi connectivity index (χ1) is 8.99. The van der Waals surface area contributed by atoms with Crippen LogP contribution in [0.3, 0.4) is 0 Å². The fourth-order valence-electron chi connectivity index (χ4n) is 1.88. The highest BCUT2D eigenvalue weighted by Gasteiger charge is 2.10. The Kier molecular flexibility index (Phi) is 5.60. The van der Waals surface area contributed by atoms with E-state index >= 15 is 0 Å². The van der Waals surface area contributed by atoms with Crippen molar-refractivity contribution in [3.63, 3.8) is 0 Å². The summed E-state index contributed by atoms with van der Waals surface area (Å²) in [5.41, 5.74) is 3.08. The van der Waals surface area contributed by atoms with Gasteiger partial charge < -0.3 is 15.4 Å². The van der Waals surface area contributed by atoms with Crippen molar-refractivity contribution in [1.29, 1.82) is 0 Å². The number of ether oxygens (including phenoxy) is 1. The van der Waals surface area contributed by atoms with E-state index in [-0.39, 0.29) is 0 Å². The number of aryl methyl sites for hydroxylation is 1. The number of methoxy groups -OCH3 is 1. The van der Waals surface area contributed by atoms with Crippen molar-refractivity contribution in [1.82, 2.24) is 15.6 Å². The predicted molar refractivity (Wildman–Crippen MR) is 78.7 cm³/mol. The van der Waals surface area contributed by atoms with Crippen LogP contribution in [0.2, 0.25) is 0 Å². The highest BCUT2D eigenvalue weighted by Crippen LogP contribution is 2.23. The molecule has 0 bridgehead atoms. The molecule has 0 spiro atoms. The van der Waals surface area contributed by atoms with Crippen LogP contribution in [-0.2, 0) is 6.54 Å². The molecule has 0 aromatic carbocycles. The zero-order chi connectivity index (χ0) is 14.4. The lowest BCUT2D eigenvalue weighted by atomic mass is 10.1. The molecule has 0 aliphatic rings. The topological polar surface area (TPSA) is 58.5 Å². The minimum absolute atomic E-state index is 0.341. The van der Waals surface area contributed by atoms with Crippen molar-refractivity contribution in [2.75, 3.05) is 14.2 Å². The second kappa shape index (κ2) is 6.97. The van der Waals surface area contributed by atoms with Crippen molar-refractivity contribution in [3.05, 3.63) is 23.0 Å². The van der Waals surface area contributed by atoms with Crippen molar-refractivity contribution in [2.45, 2.75) is 40.3 Å². The van der Waals surface area contributed by atoms with Gasteiger partial charge in [-0.3, -0.25) is 9.98 Å². The number of hydrogen-bond acceptors (Lipinski definition) is 3. The van der Waals surface area contributed by atoms with Crippen LogP contribution in [0.25, 0.3) is 0 Å². The van der Waals surface area contributed by atoms with Crippen LogP contribution < -0.4 is 15.4 Å². The minimum Gasteiger partial charge on any atom is -0.496 e. The fourth-order valence-corrected chi connectivity index (χ4v) is 1.88. The van der Waals surface area contributed by atoms with Crippen molar-refractivity contribution >= 4 is 5.96 Å². The summed E-state index contributed by atoms with van der Waals surface area (Å²) in [6.07, 6.45) is 1.83. The molecular formula is C14H24N4O. The Morgan fingerprint density at radius 3 is 2.63 bits per heavy atom.